The molecule has 5 nitrogen and oxygen atoms in total. The second-order valence-corrected chi connectivity index (χ2v) is 7.09. The zero-order valence-electron chi connectivity index (χ0n) is 15.6. The van der Waals surface area contributed by atoms with Crippen molar-refractivity contribution in [3.05, 3.63) is 58.1 Å². The van der Waals surface area contributed by atoms with Gasteiger partial charge in [0.05, 0.1) is 23.1 Å². The Morgan fingerprint density at radius 3 is 2.37 bits per heavy atom. The van der Waals surface area contributed by atoms with Crippen LogP contribution < -0.4 is 10.2 Å². The molecule has 144 valence electrons. The van der Waals surface area contributed by atoms with E-state index < -0.39 is 0 Å². The number of carbonyl (C=O) groups is 2. The zero-order valence-corrected chi connectivity index (χ0v) is 17.1. The van der Waals surface area contributed by atoms with E-state index in [9.17, 15) is 9.59 Å². The third-order valence-electron chi connectivity index (χ3n) is 4.05. The number of anilines is 2. The van der Waals surface area contributed by atoms with Crippen molar-refractivity contribution < 1.29 is 9.59 Å². The maximum absolute atomic E-state index is 12.7. The van der Waals surface area contributed by atoms with Gasteiger partial charge in [0.15, 0.2) is 0 Å². The van der Waals surface area contributed by atoms with Crippen molar-refractivity contribution in [2.24, 2.45) is 0 Å². The Labute approximate surface area is 169 Å². The van der Waals surface area contributed by atoms with Crippen LogP contribution in [0.2, 0.25) is 10.0 Å². The quantitative estimate of drug-likeness (QED) is 0.746. The molecule has 2 aromatic carbocycles. The number of rotatable bonds is 7. The van der Waals surface area contributed by atoms with Gasteiger partial charge in [-0.1, -0.05) is 41.4 Å². The predicted molar refractivity (Wildman–Crippen MR) is 112 cm³/mol. The van der Waals surface area contributed by atoms with Crippen LogP contribution in [0.15, 0.2) is 42.5 Å². The highest BCUT2D eigenvalue weighted by Gasteiger charge is 2.18. The maximum atomic E-state index is 12.7. The number of hydrogen-bond donors (Lipinski definition) is 1. The second-order valence-electron chi connectivity index (χ2n) is 6.27. The van der Waals surface area contributed by atoms with Crippen LogP contribution in [-0.4, -0.2) is 43.4 Å². The Balaban J connectivity index is 1.94. The van der Waals surface area contributed by atoms with E-state index in [0.29, 0.717) is 22.3 Å². The number of likely N-dealkylation sites (N-methyl/N-ethyl adjacent to an activating group) is 2. The van der Waals surface area contributed by atoms with Gasteiger partial charge < -0.3 is 10.2 Å². The molecule has 0 aliphatic rings. The Hall–Kier alpha value is -2.08. The minimum Gasteiger partial charge on any atom is -0.325 e. The minimum absolute atomic E-state index is 0.0587. The smallest absolute Gasteiger partial charge is 0.241 e. The van der Waals surface area contributed by atoms with Gasteiger partial charge in [-0.3, -0.25) is 14.5 Å². The Bertz CT molecular complexity index is 827. The molecule has 2 rings (SSSR count). The first-order valence-electron chi connectivity index (χ1n) is 8.61. The van der Waals surface area contributed by atoms with Crippen molar-refractivity contribution in [1.29, 1.82) is 0 Å². The highest BCUT2D eigenvalue weighted by molar-refractivity contribution is 6.42. The number of halogens is 2. The van der Waals surface area contributed by atoms with Gasteiger partial charge in [0.1, 0.15) is 0 Å². The molecule has 0 unspecified atom stereocenters. The van der Waals surface area contributed by atoms with Crippen molar-refractivity contribution in [3.8, 4) is 0 Å². The van der Waals surface area contributed by atoms with Crippen LogP contribution in [0.4, 0.5) is 11.4 Å². The topological polar surface area (TPSA) is 52.7 Å². The summed E-state index contributed by atoms with van der Waals surface area (Å²) in [5.41, 5.74) is 2.48. The Kier molecular flexibility index (Phi) is 7.66. The van der Waals surface area contributed by atoms with E-state index in [2.05, 4.69) is 5.32 Å². The summed E-state index contributed by atoms with van der Waals surface area (Å²) in [5, 5.41) is 3.54. The van der Waals surface area contributed by atoms with E-state index in [1.54, 1.807) is 35.0 Å². The normalized spacial score (nSPS) is 10.7. The predicted octanol–water partition coefficient (Wildman–Crippen LogP) is 4.23. The molecule has 0 fully saturated rings. The molecule has 0 heterocycles. The number of hydrogen-bond acceptors (Lipinski definition) is 3. The summed E-state index contributed by atoms with van der Waals surface area (Å²) in [6.45, 7) is 4.68. The molecule has 0 spiro atoms. The molecule has 2 aromatic rings. The molecule has 0 radical (unpaired) electrons. The van der Waals surface area contributed by atoms with E-state index in [1.165, 1.54) is 0 Å². The van der Waals surface area contributed by atoms with Gasteiger partial charge in [-0.15, -0.1) is 0 Å². The van der Waals surface area contributed by atoms with Gasteiger partial charge in [0, 0.05) is 17.9 Å². The van der Waals surface area contributed by atoms with Crippen LogP contribution in [0.3, 0.4) is 0 Å². The third-order valence-corrected chi connectivity index (χ3v) is 4.78. The van der Waals surface area contributed by atoms with Crippen LogP contribution in [-0.2, 0) is 9.59 Å². The van der Waals surface area contributed by atoms with Crippen LogP contribution in [0, 0.1) is 6.92 Å². The molecular weight excluding hydrogens is 385 g/mol. The Morgan fingerprint density at radius 1 is 1.04 bits per heavy atom. The largest absolute Gasteiger partial charge is 0.325 e. The van der Waals surface area contributed by atoms with E-state index in [-0.39, 0.29) is 24.9 Å². The monoisotopic (exact) mass is 407 g/mol. The van der Waals surface area contributed by atoms with E-state index >= 15 is 0 Å². The number of benzene rings is 2. The molecular formula is C20H23Cl2N3O2. The van der Waals surface area contributed by atoms with Crippen molar-refractivity contribution in [2.75, 3.05) is 36.9 Å². The molecule has 0 bridgehead atoms. The number of aryl methyl sites for hydroxylation is 1. The number of amides is 2. The second kappa shape index (κ2) is 9.74. The molecule has 0 saturated heterocycles. The number of para-hydroxylation sites is 1. The third kappa shape index (κ3) is 5.96. The number of nitrogens with one attached hydrogen (secondary N) is 1. The van der Waals surface area contributed by atoms with Crippen LogP contribution in [0.5, 0.6) is 0 Å². The lowest BCUT2D eigenvalue weighted by atomic mass is 10.2. The fraction of sp³-hybridized carbons (Fsp3) is 0.300. The van der Waals surface area contributed by atoms with Crippen LogP contribution in [0.1, 0.15) is 12.5 Å². The van der Waals surface area contributed by atoms with Gasteiger partial charge in [0.25, 0.3) is 0 Å². The molecule has 27 heavy (non-hydrogen) atoms. The molecule has 0 saturated carbocycles. The molecule has 0 aromatic heterocycles. The van der Waals surface area contributed by atoms with Crippen molar-refractivity contribution >= 4 is 46.4 Å². The van der Waals surface area contributed by atoms with Gasteiger partial charge in [-0.25, -0.2) is 0 Å². The highest BCUT2D eigenvalue weighted by Crippen LogP contribution is 2.25. The van der Waals surface area contributed by atoms with Crippen molar-refractivity contribution in [3.63, 3.8) is 0 Å². The minimum atomic E-state index is -0.234. The average molecular weight is 408 g/mol. The summed E-state index contributed by atoms with van der Waals surface area (Å²) in [6, 6.07) is 12.6. The molecule has 0 aliphatic carbocycles. The highest BCUT2D eigenvalue weighted by atomic mass is 35.5. The summed E-state index contributed by atoms with van der Waals surface area (Å²) in [7, 11) is 1.73. The van der Waals surface area contributed by atoms with Gasteiger partial charge >= 0.3 is 0 Å². The maximum Gasteiger partial charge on any atom is 0.241 e. The number of carbonyl (C=O) groups excluding carboxylic acids is 2. The molecule has 2 amide bonds. The molecule has 0 atom stereocenters. The summed E-state index contributed by atoms with van der Waals surface area (Å²) in [4.78, 5) is 28.3. The fourth-order valence-corrected chi connectivity index (χ4v) is 3.04. The van der Waals surface area contributed by atoms with Crippen molar-refractivity contribution in [2.45, 2.75) is 13.8 Å². The first-order valence-corrected chi connectivity index (χ1v) is 9.36. The lowest BCUT2D eigenvalue weighted by molar-refractivity contribution is -0.121. The van der Waals surface area contributed by atoms with Gasteiger partial charge in [-0.05, 0) is 50.7 Å². The standard InChI is InChI=1S/C20H23Cl2N3O2/c1-4-25(18-8-6-5-7-14(18)2)20(27)13-24(3)12-19(26)23-15-9-10-16(21)17(22)11-15/h5-11H,4,12-13H2,1-3H3,(H,23,26). The van der Waals surface area contributed by atoms with Crippen molar-refractivity contribution in [1.82, 2.24) is 4.90 Å². The molecule has 7 heteroatoms. The Morgan fingerprint density at radius 2 is 1.74 bits per heavy atom. The van der Waals surface area contributed by atoms with E-state index in [1.807, 2.05) is 38.1 Å². The summed E-state index contributed by atoms with van der Waals surface area (Å²) in [5.74, 6) is -0.292. The fourth-order valence-electron chi connectivity index (χ4n) is 2.74. The number of nitrogens with zero attached hydrogens (tertiary/aromatic N) is 2. The van der Waals surface area contributed by atoms with E-state index in [4.69, 9.17) is 23.2 Å². The first kappa shape index (κ1) is 21.2. The SMILES string of the molecule is CCN(C(=O)CN(C)CC(=O)Nc1ccc(Cl)c(Cl)c1)c1ccccc1C. The molecule has 0 aliphatic heterocycles. The zero-order chi connectivity index (χ0) is 20.0. The lowest BCUT2D eigenvalue weighted by Gasteiger charge is -2.25. The first-order chi connectivity index (χ1) is 12.8. The van der Waals surface area contributed by atoms with Crippen LogP contribution in [0.25, 0.3) is 0 Å². The summed E-state index contributed by atoms with van der Waals surface area (Å²) < 4.78 is 0. The summed E-state index contributed by atoms with van der Waals surface area (Å²) in [6.07, 6.45) is 0. The summed E-state index contributed by atoms with van der Waals surface area (Å²) >= 11 is 11.8. The average Bonchev–Trinajstić information content (AvgIpc) is 2.60. The van der Waals surface area contributed by atoms with Gasteiger partial charge in [0.2, 0.25) is 11.8 Å². The molecule has 1 N–H and O–H groups in total. The lowest BCUT2D eigenvalue weighted by Crippen LogP contribution is -2.41. The van der Waals surface area contributed by atoms with E-state index in [0.717, 1.165) is 11.3 Å². The van der Waals surface area contributed by atoms with Crippen LogP contribution >= 0.6 is 23.2 Å². The van der Waals surface area contributed by atoms with Gasteiger partial charge in [-0.2, -0.15) is 0 Å².